The Balaban J connectivity index is 1.75. The summed E-state index contributed by atoms with van der Waals surface area (Å²) in [6.45, 7) is 1.14. The van der Waals surface area contributed by atoms with Crippen LogP contribution in [-0.4, -0.2) is 23.7 Å². The molecule has 2 fully saturated rings. The van der Waals surface area contributed by atoms with Crippen molar-refractivity contribution in [2.45, 2.75) is 50.6 Å². The van der Waals surface area contributed by atoms with Crippen LogP contribution in [0.3, 0.4) is 0 Å². The maximum absolute atomic E-state index is 9.66. The van der Waals surface area contributed by atoms with E-state index in [1.54, 1.807) is 12.1 Å². The number of anilines is 1. The van der Waals surface area contributed by atoms with Crippen LogP contribution in [0.15, 0.2) is 12.1 Å². The van der Waals surface area contributed by atoms with E-state index in [4.69, 9.17) is 23.2 Å². The van der Waals surface area contributed by atoms with Gasteiger partial charge in [0.05, 0.1) is 10.0 Å². The van der Waals surface area contributed by atoms with Crippen LogP contribution in [0, 0.1) is 5.92 Å². The summed E-state index contributed by atoms with van der Waals surface area (Å²) >= 11 is 12.0. The quantitative estimate of drug-likeness (QED) is 0.719. The van der Waals surface area contributed by atoms with Crippen LogP contribution in [0.2, 0.25) is 10.0 Å². The third kappa shape index (κ3) is 3.41. The second-order valence-corrected chi connectivity index (χ2v) is 7.00. The highest BCUT2D eigenvalue weighted by molar-refractivity contribution is 6.37. The van der Waals surface area contributed by atoms with Crippen LogP contribution in [0.5, 0.6) is 5.75 Å². The molecule has 3 N–H and O–H groups in total. The van der Waals surface area contributed by atoms with Crippen LogP contribution in [0.25, 0.3) is 0 Å². The average Bonchev–Trinajstić information content (AvgIpc) is 2.99. The van der Waals surface area contributed by atoms with Crippen LogP contribution in [-0.2, 0) is 0 Å². The molecule has 1 saturated heterocycles. The van der Waals surface area contributed by atoms with E-state index >= 15 is 0 Å². The van der Waals surface area contributed by atoms with E-state index in [1.165, 1.54) is 38.5 Å². The lowest BCUT2D eigenvalue weighted by molar-refractivity contribution is 0.263. The zero-order valence-corrected chi connectivity index (χ0v) is 13.6. The van der Waals surface area contributed by atoms with Crippen molar-refractivity contribution in [2.75, 3.05) is 11.9 Å². The summed E-state index contributed by atoms with van der Waals surface area (Å²) in [5.74, 6) is 0.620. The van der Waals surface area contributed by atoms with Gasteiger partial charge in [0.15, 0.2) is 5.75 Å². The SMILES string of the molecule is Oc1c(Cl)cc(NC2CCCCC2C2CCCN2)cc1Cl. The molecule has 116 valence electrons. The lowest BCUT2D eigenvalue weighted by Gasteiger charge is -2.37. The summed E-state index contributed by atoms with van der Waals surface area (Å²) in [6.07, 6.45) is 7.59. The maximum Gasteiger partial charge on any atom is 0.152 e. The van der Waals surface area contributed by atoms with Crippen LogP contribution in [0.1, 0.15) is 38.5 Å². The van der Waals surface area contributed by atoms with E-state index in [1.807, 2.05) is 0 Å². The van der Waals surface area contributed by atoms with Gasteiger partial charge in [0.1, 0.15) is 0 Å². The Morgan fingerprint density at radius 1 is 1.05 bits per heavy atom. The fourth-order valence-corrected chi connectivity index (χ4v) is 4.25. The Kier molecular flexibility index (Phi) is 4.82. The number of aromatic hydroxyl groups is 1. The van der Waals surface area contributed by atoms with Gasteiger partial charge in [-0.05, 0) is 50.3 Å². The third-order valence-corrected chi connectivity index (χ3v) is 5.38. The fourth-order valence-electron chi connectivity index (χ4n) is 3.76. The summed E-state index contributed by atoms with van der Waals surface area (Å²) in [5.41, 5.74) is 0.901. The lowest BCUT2D eigenvalue weighted by Crippen LogP contribution is -2.43. The number of phenols is 1. The molecule has 0 aromatic heterocycles. The van der Waals surface area contributed by atoms with Crippen molar-refractivity contribution in [2.24, 2.45) is 5.92 Å². The summed E-state index contributed by atoms with van der Waals surface area (Å²) < 4.78 is 0. The molecule has 0 radical (unpaired) electrons. The number of hydrogen-bond acceptors (Lipinski definition) is 3. The normalized spacial score (nSPS) is 29.5. The van der Waals surface area contributed by atoms with Gasteiger partial charge in [-0.3, -0.25) is 0 Å². The Hall–Kier alpha value is -0.640. The van der Waals surface area contributed by atoms with Crippen molar-refractivity contribution in [1.29, 1.82) is 0 Å². The molecule has 0 amide bonds. The molecule has 3 atom stereocenters. The molecule has 1 saturated carbocycles. The zero-order chi connectivity index (χ0) is 14.8. The molecule has 3 rings (SSSR count). The van der Waals surface area contributed by atoms with Crippen LogP contribution < -0.4 is 10.6 Å². The molecule has 0 bridgehead atoms. The average molecular weight is 329 g/mol. The predicted octanol–water partition coefficient (Wildman–Crippen LogP) is 4.42. The molecule has 1 aliphatic heterocycles. The van der Waals surface area contributed by atoms with Gasteiger partial charge in [0.25, 0.3) is 0 Å². The van der Waals surface area contributed by atoms with E-state index < -0.39 is 0 Å². The summed E-state index contributed by atoms with van der Waals surface area (Å²) in [4.78, 5) is 0. The number of nitrogens with one attached hydrogen (secondary N) is 2. The molecule has 1 heterocycles. The first kappa shape index (κ1) is 15.3. The highest BCUT2D eigenvalue weighted by Crippen LogP contribution is 2.37. The van der Waals surface area contributed by atoms with Gasteiger partial charge in [-0.25, -0.2) is 0 Å². The first-order valence-electron chi connectivity index (χ1n) is 7.83. The molecular weight excluding hydrogens is 307 g/mol. The fraction of sp³-hybridized carbons (Fsp3) is 0.625. The van der Waals surface area contributed by atoms with Crippen molar-refractivity contribution < 1.29 is 5.11 Å². The van der Waals surface area contributed by atoms with Crippen LogP contribution in [0.4, 0.5) is 5.69 Å². The Morgan fingerprint density at radius 3 is 2.43 bits per heavy atom. The molecule has 1 aromatic carbocycles. The van der Waals surface area contributed by atoms with Gasteiger partial charge in [-0.2, -0.15) is 0 Å². The second-order valence-electron chi connectivity index (χ2n) is 6.19. The number of rotatable bonds is 3. The number of benzene rings is 1. The van der Waals surface area contributed by atoms with Crippen LogP contribution >= 0.6 is 23.2 Å². The molecule has 0 spiro atoms. The molecule has 5 heteroatoms. The lowest BCUT2D eigenvalue weighted by atomic mass is 9.79. The van der Waals surface area contributed by atoms with Gasteiger partial charge in [-0.1, -0.05) is 36.0 Å². The number of halogens is 2. The van der Waals surface area contributed by atoms with Crippen molar-refractivity contribution >= 4 is 28.9 Å². The smallest absolute Gasteiger partial charge is 0.152 e. The second kappa shape index (κ2) is 6.64. The Labute approximate surface area is 136 Å². The van der Waals surface area contributed by atoms with Gasteiger partial charge in [-0.15, -0.1) is 0 Å². The maximum atomic E-state index is 9.66. The Bertz CT molecular complexity index is 480. The van der Waals surface area contributed by atoms with Gasteiger partial charge in [0.2, 0.25) is 0 Å². The summed E-state index contributed by atoms with van der Waals surface area (Å²) in [6, 6.07) is 4.60. The molecular formula is C16H22Cl2N2O. The van der Waals surface area contributed by atoms with E-state index in [0.29, 0.717) is 28.0 Å². The zero-order valence-electron chi connectivity index (χ0n) is 12.0. The van der Waals surface area contributed by atoms with Gasteiger partial charge >= 0.3 is 0 Å². The van der Waals surface area contributed by atoms with E-state index in [2.05, 4.69) is 10.6 Å². The molecule has 1 aromatic rings. The molecule has 1 aliphatic carbocycles. The summed E-state index contributed by atoms with van der Waals surface area (Å²) in [5, 5.41) is 17.5. The standard InChI is InChI=1S/C16H22Cl2N2O/c17-12-8-10(9-13(18)16(12)21)20-15-5-2-1-4-11(15)14-6-3-7-19-14/h8-9,11,14-15,19-21H,1-7H2. The van der Waals surface area contributed by atoms with Crippen molar-refractivity contribution in [3.8, 4) is 5.75 Å². The first-order valence-corrected chi connectivity index (χ1v) is 8.58. The van der Waals surface area contributed by atoms with Crippen molar-refractivity contribution in [3.63, 3.8) is 0 Å². The highest BCUT2D eigenvalue weighted by atomic mass is 35.5. The predicted molar refractivity (Wildman–Crippen MR) is 88.5 cm³/mol. The molecule has 2 aliphatic rings. The minimum Gasteiger partial charge on any atom is -0.505 e. The van der Waals surface area contributed by atoms with Gasteiger partial charge < -0.3 is 15.7 Å². The number of phenolic OH excluding ortho intramolecular Hbond substituents is 1. The third-order valence-electron chi connectivity index (χ3n) is 4.80. The Morgan fingerprint density at radius 2 is 1.76 bits per heavy atom. The van der Waals surface area contributed by atoms with E-state index in [-0.39, 0.29) is 5.75 Å². The summed E-state index contributed by atoms with van der Waals surface area (Å²) in [7, 11) is 0. The van der Waals surface area contributed by atoms with E-state index in [9.17, 15) is 5.11 Å². The number of hydrogen-bond donors (Lipinski definition) is 3. The minimum atomic E-state index is -0.0402. The van der Waals surface area contributed by atoms with Gasteiger partial charge in [0, 0.05) is 17.8 Å². The molecule has 3 unspecified atom stereocenters. The molecule has 21 heavy (non-hydrogen) atoms. The molecule has 3 nitrogen and oxygen atoms in total. The van der Waals surface area contributed by atoms with E-state index in [0.717, 1.165) is 12.2 Å². The topological polar surface area (TPSA) is 44.3 Å². The van der Waals surface area contributed by atoms with Crippen molar-refractivity contribution in [1.82, 2.24) is 5.32 Å². The largest absolute Gasteiger partial charge is 0.505 e. The minimum absolute atomic E-state index is 0.0402. The van der Waals surface area contributed by atoms with Crippen molar-refractivity contribution in [3.05, 3.63) is 22.2 Å². The highest BCUT2D eigenvalue weighted by Gasteiger charge is 2.33. The monoisotopic (exact) mass is 328 g/mol. The first-order chi connectivity index (χ1) is 10.1.